The van der Waals surface area contributed by atoms with E-state index in [1.807, 2.05) is 60.8 Å². The summed E-state index contributed by atoms with van der Waals surface area (Å²) in [6.07, 6.45) is 3.55. The third-order valence-corrected chi connectivity index (χ3v) is 5.40. The van der Waals surface area contributed by atoms with Crippen molar-refractivity contribution in [3.63, 3.8) is 0 Å². The molecule has 5 rings (SSSR count). The van der Waals surface area contributed by atoms with Crippen LogP contribution in [0, 0.1) is 0 Å². The molecule has 0 fully saturated rings. The number of methoxy groups -OCH3 is 1. The minimum absolute atomic E-state index is 0.270. The largest absolute Gasteiger partial charge is 0.465 e. The lowest BCUT2D eigenvalue weighted by molar-refractivity contribution is 0.0600. The lowest BCUT2D eigenvalue weighted by Crippen LogP contribution is -2.14. The highest BCUT2D eigenvalue weighted by molar-refractivity contribution is 6.10. The van der Waals surface area contributed by atoms with Crippen molar-refractivity contribution in [1.82, 2.24) is 9.55 Å². The van der Waals surface area contributed by atoms with Crippen LogP contribution in [0.3, 0.4) is 0 Å². The van der Waals surface area contributed by atoms with E-state index < -0.39 is 0 Å². The number of carbonyl (C=O) groups is 2. The molecule has 0 aliphatic heterocycles. The Kier molecular flexibility index (Phi) is 4.88. The zero-order chi connectivity index (χ0) is 22.1. The van der Waals surface area contributed by atoms with Gasteiger partial charge in [0.05, 0.1) is 29.6 Å². The van der Waals surface area contributed by atoms with Gasteiger partial charge in [-0.3, -0.25) is 9.78 Å². The molecule has 1 N–H and O–H groups in total. The maximum atomic E-state index is 12.8. The van der Waals surface area contributed by atoms with Crippen LogP contribution in [-0.2, 0) is 4.74 Å². The molecule has 0 spiro atoms. The maximum Gasteiger partial charge on any atom is 0.337 e. The third-order valence-electron chi connectivity index (χ3n) is 5.40. The first-order valence-corrected chi connectivity index (χ1v) is 10.1. The van der Waals surface area contributed by atoms with E-state index in [2.05, 4.69) is 14.9 Å². The van der Waals surface area contributed by atoms with Crippen molar-refractivity contribution in [1.29, 1.82) is 0 Å². The second-order valence-corrected chi connectivity index (χ2v) is 7.30. The molecular weight excluding hydrogens is 402 g/mol. The average Bonchev–Trinajstić information content (AvgIpc) is 3.27. The molecule has 5 aromatic rings. The van der Waals surface area contributed by atoms with Crippen molar-refractivity contribution in [2.75, 3.05) is 12.4 Å². The van der Waals surface area contributed by atoms with E-state index in [1.165, 1.54) is 7.11 Å². The first kappa shape index (κ1) is 19.5. The fourth-order valence-corrected chi connectivity index (χ4v) is 3.91. The molecule has 0 aliphatic carbocycles. The van der Waals surface area contributed by atoms with Gasteiger partial charge in [0, 0.05) is 23.2 Å². The zero-order valence-corrected chi connectivity index (χ0v) is 17.3. The highest BCUT2D eigenvalue weighted by Crippen LogP contribution is 2.32. The molecule has 0 aliphatic rings. The number of pyridine rings is 1. The maximum absolute atomic E-state index is 12.8. The number of aromatic nitrogens is 2. The van der Waals surface area contributed by atoms with Crippen LogP contribution in [0.2, 0.25) is 0 Å². The zero-order valence-electron chi connectivity index (χ0n) is 17.3. The molecule has 0 atom stereocenters. The number of rotatable bonds is 4. The van der Waals surface area contributed by atoms with Crippen molar-refractivity contribution in [2.24, 2.45) is 0 Å². The first-order valence-electron chi connectivity index (χ1n) is 10.1. The number of benzene rings is 3. The molecule has 2 aromatic heterocycles. The highest BCUT2D eigenvalue weighted by atomic mass is 16.5. The highest BCUT2D eigenvalue weighted by Gasteiger charge is 2.15. The monoisotopic (exact) mass is 421 g/mol. The average molecular weight is 421 g/mol. The van der Waals surface area contributed by atoms with E-state index in [9.17, 15) is 9.59 Å². The molecule has 156 valence electrons. The van der Waals surface area contributed by atoms with Gasteiger partial charge in [-0.25, -0.2) is 4.79 Å². The number of anilines is 1. The molecule has 6 nitrogen and oxygen atoms in total. The van der Waals surface area contributed by atoms with E-state index in [0.29, 0.717) is 16.9 Å². The van der Waals surface area contributed by atoms with Gasteiger partial charge < -0.3 is 14.6 Å². The van der Waals surface area contributed by atoms with E-state index >= 15 is 0 Å². The SMILES string of the molecule is COC(=O)c1ccc2c(ccn2-c2cccc3cccc(NC(=O)c4ccccn4)c23)c1. The van der Waals surface area contributed by atoms with Crippen LogP contribution >= 0.6 is 0 Å². The van der Waals surface area contributed by atoms with Gasteiger partial charge in [0.1, 0.15) is 5.69 Å². The van der Waals surface area contributed by atoms with Crippen molar-refractivity contribution < 1.29 is 14.3 Å². The Balaban J connectivity index is 1.64. The summed E-state index contributed by atoms with van der Waals surface area (Å²) in [7, 11) is 1.37. The van der Waals surface area contributed by atoms with Crippen molar-refractivity contribution >= 4 is 39.2 Å². The van der Waals surface area contributed by atoms with Crippen LogP contribution < -0.4 is 5.32 Å². The van der Waals surface area contributed by atoms with Crippen molar-refractivity contribution in [2.45, 2.75) is 0 Å². The summed E-state index contributed by atoms with van der Waals surface area (Å²) in [5, 5.41) is 5.83. The molecule has 0 radical (unpaired) electrons. The molecule has 3 aromatic carbocycles. The lowest BCUT2D eigenvalue weighted by Gasteiger charge is -2.14. The Morgan fingerprint density at radius 2 is 1.75 bits per heavy atom. The first-order chi connectivity index (χ1) is 15.7. The van der Waals surface area contributed by atoms with Crippen LogP contribution in [0.25, 0.3) is 27.4 Å². The minimum atomic E-state index is -0.371. The summed E-state index contributed by atoms with van der Waals surface area (Å²) in [6, 6.07) is 24.5. The standard InChI is InChI=1S/C26H19N3O3/c1-32-26(31)19-11-12-22-18(16-19)13-15-29(22)23-10-5-7-17-6-4-9-20(24(17)23)28-25(30)21-8-2-3-14-27-21/h2-16H,1H3,(H,28,30). The lowest BCUT2D eigenvalue weighted by atomic mass is 10.1. The van der Waals surface area contributed by atoms with Gasteiger partial charge in [-0.15, -0.1) is 0 Å². The molecule has 1 amide bonds. The molecule has 0 saturated carbocycles. The van der Waals surface area contributed by atoms with E-state index in [-0.39, 0.29) is 11.9 Å². The van der Waals surface area contributed by atoms with E-state index in [4.69, 9.17) is 4.74 Å². The number of hydrogen-bond donors (Lipinski definition) is 1. The number of ether oxygens (including phenoxy) is 1. The molecule has 32 heavy (non-hydrogen) atoms. The fourth-order valence-electron chi connectivity index (χ4n) is 3.91. The molecule has 2 heterocycles. The van der Waals surface area contributed by atoms with Crippen molar-refractivity contribution in [3.8, 4) is 5.69 Å². The second-order valence-electron chi connectivity index (χ2n) is 7.30. The number of nitrogens with one attached hydrogen (secondary N) is 1. The van der Waals surface area contributed by atoms with Gasteiger partial charge in [0.2, 0.25) is 0 Å². The van der Waals surface area contributed by atoms with E-state index in [1.54, 1.807) is 30.5 Å². The summed E-state index contributed by atoms with van der Waals surface area (Å²) >= 11 is 0. The normalized spacial score (nSPS) is 10.9. The topological polar surface area (TPSA) is 73.2 Å². The van der Waals surface area contributed by atoms with Gasteiger partial charge in [0.15, 0.2) is 0 Å². The predicted octanol–water partition coefficient (Wildman–Crippen LogP) is 5.22. The molecule has 0 unspecified atom stereocenters. The summed E-state index contributed by atoms with van der Waals surface area (Å²) in [5.74, 6) is -0.641. The van der Waals surface area contributed by atoms with Crippen molar-refractivity contribution in [3.05, 3.63) is 103 Å². The van der Waals surface area contributed by atoms with Gasteiger partial charge >= 0.3 is 5.97 Å². The quantitative estimate of drug-likeness (QED) is 0.404. The Morgan fingerprint density at radius 1 is 0.906 bits per heavy atom. The Morgan fingerprint density at radius 3 is 2.53 bits per heavy atom. The summed E-state index contributed by atoms with van der Waals surface area (Å²) in [6.45, 7) is 0. The Hall–Kier alpha value is -4.45. The van der Waals surface area contributed by atoms with E-state index in [0.717, 1.165) is 27.4 Å². The second kappa shape index (κ2) is 8.00. The number of nitrogens with zero attached hydrogens (tertiary/aromatic N) is 2. The Labute approximate surface area is 184 Å². The Bertz CT molecular complexity index is 1470. The minimum Gasteiger partial charge on any atom is -0.465 e. The summed E-state index contributed by atoms with van der Waals surface area (Å²) in [5.41, 5.74) is 3.40. The van der Waals surface area contributed by atoms with Gasteiger partial charge in [-0.2, -0.15) is 0 Å². The smallest absolute Gasteiger partial charge is 0.337 e. The van der Waals surface area contributed by atoms with Gasteiger partial charge in [-0.1, -0.05) is 30.3 Å². The molecule has 0 saturated heterocycles. The van der Waals surface area contributed by atoms with Crippen LogP contribution in [-0.4, -0.2) is 28.5 Å². The van der Waals surface area contributed by atoms with Gasteiger partial charge in [-0.05, 0) is 53.9 Å². The number of amides is 1. The molecule has 6 heteroatoms. The van der Waals surface area contributed by atoms with Crippen LogP contribution in [0.5, 0.6) is 0 Å². The molecule has 0 bridgehead atoms. The third kappa shape index (κ3) is 3.37. The van der Waals surface area contributed by atoms with Gasteiger partial charge in [0.25, 0.3) is 5.91 Å². The summed E-state index contributed by atoms with van der Waals surface area (Å²) < 4.78 is 6.88. The van der Waals surface area contributed by atoms with Crippen LogP contribution in [0.15, 0.2) is 91.3 Å². The fraction of sp³-hybridized carbons (Fsp3) is 0.0385. The molecular formula is C26H19N3O3. The van der Waals surface area contributed by atoms with Crippen LogP contribution in [0.1, 0.15) is 20.8 Å². The number of carbonyl (C=O) groups excluding carboxylic acids is 2. The van der Waals surface area contributed by atoms with Crippen LogP contribution in [0.4, 0.5) is 5.69 Å². The summed E-state index contributed by atoms with van der Waals surface area (Å²) in [4.78, 5) is 28.8. The number of esters is 1. The predicted molar refractivity (Wildman–Crippen MR) is 124 cm³/mol. The number of hydrogen-bond acceptors (Lipinski definition) is 4. The number of fused-ring (bicyclic) bond motifs is 2.